The summed E-state index contributed by atoms with van der Waals surface area (Å²) in [5, 5.41) is 0.366. The summed E-state index contributed by atoms with van der Waals surface area (Å²) in [7, 11) is 0. The van der Waals surface area contributed by atoms with E-state index in [1.807, 2.05) is 6.92 Å². The fraction of sp³-hybridized carbons (Fsp3) is 0.214. The second-order valence-electron chi connectivity index (χ2n) is 4.62. The lowest BCUT2D eigenvalue weighted by atomic mass is 10.1. The van der Waals surface area contributed by atoms with E-state index in [1.165, 1.54) is 18.3 Å². The maximum Gasteiger partial charge on any atom is 0.327 e. The van der Waals surface area contributed by atoms with Crippen LogP contribution in [0.2, 0.25) is 5.02 Å². The molecule has 7 heteroatoms. The fourth-order valence-electron chi connectivity index (χ4n) is 2.31. The molecule has 108 valence electrons. The van der Waals surface area contributed by atoms with Crippen molar-refractivity contribution in [3.63, 3.8) is 0 Å². The Bertz CT molecular complexity index is 854. The molecule has 0 aliphatic heterocycles. The first-order chi connectivity index (χ1) is 10.1. The van der Waals surface area contributed by atoms with E-state index in [-0.39, 0.29) is 5.69 Å². The Labute approximate surface area is 124 Å². The highest BCUT2D eigenvalue weighted by molar-refractivity contribution is 6.34. The summed E-state index contributed by atoms with van der Waals surface area (Å²) in [6, 6.07) is 2.84. The van der Waals surface area contributed by atoms with Gasteiger partial charge in [0.1, 0.15) is 5.82 Å². The monoisotopic (exact) mass is 306 g/mol. The number of aromatic nitrogens is 4. The van der Waals surface area contributed by atoms with Gasteiger partial charge in [0.15, 0.2) is 5.65 Å². The van der Waals surface area contributed by atoms with E-state index in [1.54, 1.807) is 4.57 Å². The summed E-state index contributed by atoms with van der Waals surface area (Å²) in [4.78, 5) is 22.9. The minimum Gasteiger partial charge on any atom is -0.290 e. The van der Waals surface area contributed by atoms with Gasteiger partial charge in [0.2, 0.25) is 0 Å². The van der Waals surface area contributed by atoms with Crippen LogP contribution in [0.15, 0.2) is 29.3 Å². The molecule has 3 rings (SSSR count). The molecule has 3 aromatic heterocycles. The van der Waals surface area contributed by atoms with Crippen molar-refractivity contribution < 1.29 is 4.39 Å². The zero-order valence-electron chi connectivity index (χ0n) is 11.2. The Morgan fingerprint density at radius 1 is 1.33 bits per heavy atom. The van der Waals surface area contributed by atoms with Gasteiger partial charge >= 0.3 is 5.69 Å². The molecule has 0 aromatic carbocycles. The van der Waals surface area contributed by atoms with Crippen LogP contribution in [-0.2, 0) is 6.54 Å². The van der Waals surface area contributed by atoms with Crippen molar-refractivity contribution >= 4 is 22.8 Å². The van der Waals surface area contributed by atoms with Gasteiger partial charge in [0.05, 0.1) is 22.4 Å². The van der Waals surface area contributed by atoms with Crippen molar-refractivity contribution in [3.8, 4) is 11.3 Å². The van der Waals surface area contributed by atoms with Gasteiger partial charge in [-0.3, -0.25) is 14.5 Å². The maximum atomic E-state index is 13.1. The quantitative estimate of drug-likeness (QED) is 0.809. The standard InChI is InChI=1S/C14H12ClFN4O/c1-2-5-20-12-11(10-4-3-8(16)6-17-10)9(15)7-18-13(12)19-14(20)21/h3-4,6-7H,2,5H2,1H3,(H,18,19,21). The number of halogens is 2. The van der Waals surface area contributed by atoms with E-state index < -0.39 is 5.82 Å². The molecule has 0 atom stereocenters. The molecule has 0 unspecified atom stereocenters. The first kappa shape index (κ1) is 13.8. The number of rotatable bonds is 3. The first-order valence-corrected chi connectivity index (χ1v) is 6.88. The van der Waals surface area contributed by atoms with Crippen molar-refractivity contribution in [3.05, 3.63) is 45.9 Å². The van der Waals surface area contributed by atoms with Gasteiger partial charge in [0.25, 0.3) is 0 Å². The number of imidazole rings is 1. The topological polar surface area (TPSA) is 63.6 Å². The zero-order chi connectivity index (χ0) is 15.0. The molecule has 5 nitrogen and oxygen atoms in total. The predicted molar refractivity (Wildman–Crippen MR) is 78.8 cm³/mol. The third-order valence-corrected chi connectivity index (χ3v) is 3.46. The van der Waals surface area contributed by atoms with Crippen molar-refractivity contribution in [2.24, 2.45) is 0 Å². The molecular weight excluding hydrogens is 295 g/mol. The first-order valence-electron chi connectivity index (χ1n) is 6.50. The Morgan fingerprint density at radius 2 is 2.14 bits per heavy atom. The van der Waals surface area contributed by atoms with Crippen LogP contribution in [0.5, 0.6) is 0 Å². The summed E-state index contributed by atoms with van der Waals surface area (Å²) in [6.07, 6.45) is 3.36. The van der Waals surface area contributed by atoms with E-state index in [0.717, 1.165) is 12.6 Å². The van der Waals surface area contributed by atoms with Crippen molar-refractivity contribution in [2.75, 3.05) is 0 Å². The lowest BCUT2D eigenvalue weighted by Crippen LogP contribution is -2.16. The average Bonchev–Trinajstić information content (AvgIpc) is 2.78. The Hall–Kier alpha value is -2.21. The molecule has 0 saturated carbocycles. The highest BCUT2D eigenvalue weighted by Gasteiger charge is 2.17. The number of pyridine rings is 2. The Kier molecular flexibility index (Phi) is 3.47. The molecule has 21 heavy (non-hydrogen) atoms. The van der Waals surface area contributed by atoms with Gasteiger partial charge in [-0.1, -0.05) is 18.5 Å². The molecule has 0 saturated heterocycles. The Balaban J connectivity index is 2.37. The van der Waals surface area contributed by atoms with E-state index >= 15 is 0 Å². The molecule has 0 amide bonds. The number of aryl methyl sites for hydroxylation is 1. The van der Waals surface area contributed by atoms with Crippen LogP contribution in [0.25, 0.3) is 22.4 Å². The predicted octanol–water partition coefficient (Wildman–Crippen LogP) is 2.99. The van der Waals surface area contributed by atoms with Crippen LogP contribution >= 0.6 is 11.6 Å². The third-order valence-electron chi connectivity index (χ3n) is 3.18. The molecule has 0 fully saturated rings. The normalized spacial score (nSPS) is 11.2. The molecule has 0 radical (unpaired) electrons. The Morgan fingerprint density at radius 3 is 2.81 bits per heavy atom. The van der Waals surface area contributed by atoms with E-state index in [9.17, 15) is 9.18 Å². The summed E-state index contributed by atoms with van der Waals surface area (Å²) < 4.78 is 14.6. The third kappa shape index (κ3) is 2.31. The highest BCUT2D eigenvalue weighted by Crippen LogP contribution is 2.31. The minimum atomic E-state index is -0.430. The SMILES string of the molecule is CCCn1c(=O)[nH]c2ncc(Cl)c(-c3ccc(F)cn3)c21. The van der Waals surface area contributed by atoms with E-state index in [2.05, 4.69) is 15.0 Å². The van der Waals surface area contributed by atoms with Crippen LogP contribution in [0.3, 0.4) is 0 Å². The van der Waals surface area contributed by atoms with Crippen LogP contribution in [-0.4, -0.2) is 19.5 Å². The second-order valence-corrected chi connectivity index (χ2v) is 5.03. The largest absolute Gasteiger partial charge is 0.327 e. The molecule has 3 aromatic rings. The average molecular weight is 307 g/mol. The van der Waals surface area contributed by atoms with E-state index in [4.69, 9.17) is 11.6 Å². The molecule has 1 N–H and O–H groups in total. The van der Waals surface area contributed by atoms with Gasteiger partial charge in [0, 0.05) is 18.3 Å². The van der Waals surface area contributed by atoms with Crippen molar-refractivity contribution in [1.29, 1.82) is 0 Å². The zero-order valence-corrected chi connectivity index (χ0v) is 12.0. The van der Waals surface area contributed by atoms with Crippen molar-refractivity contribution in [2.45, 2.75) is 19.9 Å². The van der Waals surface area contributed by atoms with Crippen molar-refractivity contribution in [1.82, 2.24) is 19.5 Å². The second kappa shape index (κ2) is 5.29. The number of nitrogens with one attached hydrogen (secondary N) is 1. The number of H-pyrrole nitrogens is 1. The lowest BCUT2D eigenvalue weighted by molar-refractivity contribution is 0.622. The van der Waals surface area contributed by atoms with Crippen LogP contribution in [0.1, 0.15) is 13.3 Å². The molecule has 0 aliphatic rings. The number of nitrogens with zero attached hydrogens (tertiary/aromatic N) is 3. The minimum absolute atomic E-state index is 0.245. The number of fused-ring (bicyclic) bond motifs is 1. The molecule has 0 spiro atoms. The van der Waals surface area contributed by atoms with Gasteiger partial charge in [-0.2, -0.15) is 0 Å². The van der Waals surface area contributed by atoms with Gasteiger partial charge in [-0.05, 0) is 18.6 Å². The summed E-state index contributed by atoms with van der Waals surface area (Å²) >= 11 is 6.23. The highest BCUT2D eigenvalue weighted by atomic mass is 35.5. The van der Waals surface area contributed by atoms with Crippen LogP contribution in [0, 0.1) is 5.82 Å². The smallest absolute Gasteiger partial charge is 0.290 e. The van der Waals surface area contributed by atoms with Crippen LogP contribution < -0.4 is 5.69 Å². The summed E-state index contributed by atoms with van der Waals surface area (Å²) in [6.45, 7) is 2.51. The molecule has 0 bridgehead atoms. The lowest BCUT2D eigenvalue weighted by Gasteiger charge is -2.08. The fourth-order valence-corrected chi connectivity index (χ4v) is 2.54. The van der Waals surface area contributed by atoms with Crippen LogP contribution in [0.4, 0.5) is 4.39 Å². The number of hydrogen-bond acceptors (Lipinski definition) is 3. The molecule has 0 aliphatic carbocycles. The van der Waals surface area contributed by atoms with Gasteiger partial charge in [-0.15, -0.1) is 0 Å². The molecular formula is C14H12ClFN4O. The number of hydrogen-bond donors (Lipinski definition) is 1. The van der Waals surface area contributed by atoms with E-state index in [0.29, 0.717) is 34.0 Å². The summed E-state index contributed by atoms with van der Waals surface area (Å²) in [5.74, 6) is -0.430. The number of aromatic amines is 1. The van der Waals surface area contributed by atoms with Gasteiger partial charge < -0.3 is 0 Å². The van der Waals surface area contributed by atoms with Gasteiger partial charge in [-0.25, -0.2) is 14.2 Å². The molecule has 3 heterocycles. The maximum absolute atomic E-state index is 13.1. The summed E-state index contributed by atoms with van der Waals surface area (Å²) in [5.41, 5.74) is 1.86.